The lowest BCUT2D eigenvalue weighted by Crippen LogP contribution is -2.03. The number of aryl methyl sites for hydroxylation is 2. The quantitative estimate of drug-likeness (QED) is 0.719. The second-order valence-electron chi connectivity index (χ2n) is 5.33. The minimum atomic E-state index is -0.582. The molecule has 0 saturated heterocycles. The molecule has 0 spiro atoms. The molecule has 0 saturated carbocycles. The van der Waals surface area contributed by atoms with E-state index in [9.17, 15) is 5.11 Å². The standard InChI is InChI=1S/C19H18O/c1-13-6-5-8-16(12-13)19(20)18-14(2)10-11-15-7-3-4-9-17(15)18/h3-12,19-20H,1-2H3/t19-/m1/s1. The van der Waals surface area contributed by atoms with Crippen LogP contribution in [-0.2, 0) is 0 Å². The summed E-state index contributed by atoms with van der Waals surface area (Å²) in [6.07, 6.45) is -0.582. The van der Waals surface area contributed by atoms with Crippen molar-refractivity contribution in [3.05, 3.63) is 82.9 Å². The molecule has 1 N–H and O–H groups in total. The molecular formula is C19H18O. The van der Waals surface area contributed by atoms with Crippen LogP contribution in [0.2, 0.25) is 0 Å². The zero-order chi connectivity index (χ0) is 14.1. The number of aliphatic hydroxyl groups is 1. The lowest BCUT2D eigenvalue weighted by atomic mass is 9.91. The first-order valence-corrected chi connectivity index (χ1v) is 6.89. The topological polar surface area (TPSA) is 20.2 Å². The molecule has 0 amide bonds. The van der Waals surface area contributed by atoms with E-state index in [1.807, 2.05) is 43.3 Å². The Bertz CT molecular complexity index is 759. The van der Waals surface area contributed by atoms with E-state index in [2.05, 4.69) is 31.2 Å². The molecule has 3 aromatic rings. The van der Waals surface area contributed by atoms with Gasteiger partial charge in [0.05, 0.1) is 0 Å². The highest BCUT2D eigenvalue weighted by Crippen LogP contribution is 2.31. The van der Waals surface area contributed by atoms with Crippen molar-refractivity contribution < 1.29 is 5.11 Å². The maximum atomic E-state index is 10.8. The molecule has 0 aromatic heterocycles. The van der Waals surface area contributed by atoms with Crippen molar-refractivity contribution in [3.63, 3.8) is 0 Å². The Morgan fingerprint density at radius 1 is 0.850 bits per heavy atom. The summed E-state index contributed by atoms with van der Waals surface area (Å²) in [5.74, 6) is 0. The second-order valence-corrected chi connectivity index (χ2v) is 5.33. The van der Waals surface area contributed by atoms with Crippen molar-refractivity contribution in [1.29, 1.82) is 0 Å². The third-order valence-corrected chi connectivity index (χ3v) is 3.82. The van der Waals surface area contributed by atoms with Gasteiger partial charge in [-0.05, 0) is 41.3 Å². The molecule has 0 bridgehead atoms. The van der Waals surface area contributed by atoms with Gasteiger partial charge in [-0.2, -0.15) is 0 Å². The van der Waals surface area contributed by atoms with Crippen LogP contribution in [0.15, 0.2) is 60.7 Å². The fraction of sp³-hybridized carbons (Fsp3) is 0.158. The molecule has 0 heterocycles. The van der Waals surface area contributed by atoms with Gasteiger partial charge in [-0.15, -0.1) is 0 Å². The summed E-state index contributed by atoms with van der Waals surface area (Å²) in [5, 5.41) is 13.1. The molecule has 100 valence electrons. The normalized spacial score (nSPS) is 12.6. The number of aliphatic hydroxyl groups excluding tert-OH is 1. The third-order valence-electron chi connectivity index (χ3n) is 3.82. The highest BCUT2D eigenvalue weighted by Gasteiger charge is 2.16. The van der Waals surface area contributed by atoms with Crippen LogP contribution in [0.25, 0.3) is 10.8 Å². The van der Waals surface area contributed by atoms with Crippen LogP contribution < -0.4 is 0 Å². The second kappa shape index (κ2) is 5.10. The van der Waals surface area contributed by atoms with E-state index in [1.165, 1.54) is 10.9 Å². The number of benzene rings is 3. The van der Waals surface area contributed by atoms with Crippen LogP contribution in [0.4, 0.5) is 0 Å². The number of fused-ring (bicyclic) bond motifs is 1. The van der Waals surface area contributed by atoms with Crippen molar-refractivity contribution in [2.45, 2.75) is 20.0 Å². The minimum absolute atomic E-state index is 0.582. The lowest BCUT2D eigenvalue weighted by Gasteiger charge is -2.17. The molecule has 3 aromatic carbocycles. The minimum Gasteiger partial charge on any atom is -0.384 e. The van der Waals surface area contributed by atoms with Gasteiger partial charge >= 0.3 is 0 Å². The predicted molar refractivity (Wildman–Crippen MR) is 83.9 cm³/mol. The van der Waals surface area contributed by atoms with E-state index < -0.39 is 6.10 Å². The highest BCUT2D eigenvalue weighted by molar-refractivity contribution is 5.87. The van der Waals surface area contributed by atoms with Crippen LogP contribution in [0.3, 0.4) is 0 Å². The van der Waals surface area contributed by atoms with Crippen LogP contribution in [0, 0.1) is 13.8 Å². The van der Waals surface area contributed by atoms with E-state index in [1.54, 1.807) is 0 Å². The molecule has 0 unspecified atom stereocenters. The number of hydrogen-bond donors (Lipinski definition) is 1. The monoisotopic (exact) mass is 262 g/mol. The van der Waals surface area contributed by atoms with Gasteiger partial charge in [-0.1, -0.05) is 66.2 Å². The van der Waals surface area contributed by atoms with Crippen LogP contribution >= 0.6 is 0 Å². The average Bonchev–Trinajstić information content (AvgIpc) is 2.46. The van der Waals surface area contributed by atoms with E-state index in [0.29, 0.717) is 0 Å². The number of rotatable bonds is 2. The zero-order valence-corrected chi connectivity index (χ0v) is 11.8. The first-order valence-electron chi connectivity index (χ1n) is 6.89. The molecule has 1 heteroatoms. The van der Waals surface area contributed by atoms with Crippen LogP contribution in [0.5, 0.6) is 0 Å². The Morgan fingerprint density at radius 2 is 1.65 bits per heavy atom. The zero-order valence-electron chi connectivity index (χ0n) is 11.8. The Morgan fingerprint density at radius 3 is 2.45 bits per heavy atom. The summed E-state index contributed by atoms with van der Waals surface area (Å²) in [7, 11) is 0. The molecule has 1 atom stereocenters. The van der Waals surface area contributed by atoms with Gasteiger partial charge in [0.25, 0.3) is 0 Å². The molecule has 1 nitrogen and oxygen atoms in total. The molecule has 0 aliphatic rings. The van der Waals surface area contributed by atoms with E-state index in [4.69, 9.17) is 0 Å². The van der Waals surface area contributed by atoms with Crippen molar-refractivity contribution in [2.24, 2.45) is 0 Å². The summed E-state index contributed by atoms with van der Waals surface area (Å²) < 4.78 is 0. The smallest absolute Gasteiger partial charge is 0.105 e. The molecule has 0 aliphatic carbocycles. The first-order chi connectivity index (χ1) is 9.66. The van der Waals surface area contributed by atoms with Crippen LogP contribution in [-0.4, -0.2) is 5.11 Å². The van der Waals surface area contributed by atoms with Gasteiger partial charge in [0.15, 0.2) is 0 Å². The van der Waals surface area contributed by atoms with Crippen molar-refractivity contribution in [3.8, 4) is 0 Å². The molecule has 0 radical (unpaired) electrons. The largest absolute Gasteiger partial charge is 0.384 e. The van der Waals surface area contributed by atoms with E-state index in [0.717, 1.165) is 22.1 Å². The Kier molecular flexibility index (Phi) is 3.29. The molecule has 3 rings (SSSR count). The maximum absolute atomic E-state index is 10.8. The lowest BCUT2D eigenvalue weighted by molar-refractivity contribution is 0.221. The summed E-state index contributed by atoms with van der Waals surface area (Å²) in [4.78, 5) is 0. The van der Waals surface area contributed by atoms with Gasteiger partial charge in [0, 0.05) is 0 Å². The molecule has 0 aliphatic heterocycles. The number of hydrogen-bond acceptors (Lipinski definition) is 1. The van der Waals surface area contributed by atoms with Gasteiger partial charge in [0.1, 0.15) is 6.10 Å². The summed E-state index contributed by atoms with van der Waals surface area (Å²) in [5.41, 5.74) is 4.25. The first kappa shape index (κ1) is 12.9. The van der Waals surface area contributed by atoms with Gasteiger partial charge in [-0.25, -0.2) is 0 Å². The van der Waals surface area contributed by atoms with Gasteiger partial charge < -0.3 is 5.11 Å². The average molecular weight is 262 g/mol. The van der Waals surface area contributed by atoms with Gasteiger partial charge in [0.2, 0.25) is 0 Å². The molecule has 20 heavy (non-hydrogen) atoms. The van der Waals surface area contributed by atoms with Crippen molar-refractivity contribution in [1.82, 2.24) is 0 Å². The Balaban J connectivity index is 2.21. The van der Waals surface area contributed by atoms with E-state index in [-0.39, 0.29) is 0 Å². The third kappa shape index (κ3) is 2.21. The fourth-order valence-corrected chi connectivity index (χ4v) is 2.77. The summed E-state index contributed by atoms with van der Waals surface area (Å²) >= 11 is 0. The predicted octanol–water partition coefficient (Wildman–Crippen LogP) is 4.54. The Hall–Kier alpha value is -2.12. The van der Waals surface area contributed by atoms with Gasteiger partial charge in [-0.3, -0.25) is 0 Å². The maximum Gasteiger partial charge on any atom is 0.105 e. The highest BCUT2D eigenvalue weighted by atomic mass is 16.3. The Labute approximate surface area is 119 Å². The summed E-state index contributed by atoms with van der Waals surface area (Å²) in [6.45, 7) is 4.10. The van der Waals surface area contributed by atoms with Crippen LogP contribution in [0.1, 0.15) is 28.4 Å². The van der Waals surface area contributed by atoms with Crippen molar-refractivity contribution >= 4 is 10.8 Å². The summed E-state index contributed by atoms with van der Waals surface area (Å²) in [6, 6.07) is 20.5. The van der Waals surface area contributed by atoms with E-state index >= 15 is 0 Å². The fourth-order valence-electron chi connectivity index (χ4n) is 2.77. The molecule has 0 fully saturated rings. The SMILES string of the molecule is Cc1cccc([C@@H](O)c2c(C)ccc3ccccc23)c1. The van der Waals surface area contributed by atoms with Crippen molar-refractivity contribution in [2.75, 3.05) is 0 Å². The molecular weight excluding hydrogens is 244 g/mol.